The van der Waals surface area contributed by atoms with Crippen LogP contribution in [0.2, 0.25) is 0 Å². The zero-order chi connectivity index (χ0) is 16.8. The lowest BCUT2D eigenvalue weighted by atomic mass is 10.2. The second-order valence-electron chi connectivity index (χ2n) is 5.10. The highest BCUT2D eigenvalue weighted by Crippen LogP contribution is 2.38. The van der Waals surface area contributed by atoms with Crippen LogP contribution in [0.4, 0.5) is 5.69 Å². The zero-order valence-corrected chi connectivity index (χ0v) is 15.8. The van der Waals surface area contributed by atoms with E-state index < -0.39 is 0 Å². The van der Waals surface area contributed by atoms with Gasteiger partial charge in [-0.25, -0.2) is 4.99 Å². The molecule has 0 amide bonds. The number of hydrogen-bond acceptors (Lipinski definition) is 3. The van der Waals surface area contributed by atoms with Crippen LogP contribution in [0.5, 0.6) is 0 Å². The average Bonchev–Trinajstić information content (AvgIpc) is 2.56. The number of hydrogen-bond donors (Lipinski definition) is 0. The van der Waals surface area contributed by atoms with E-state index in [4.69, 9.17) is 0 Å². The van der Waals surface area contributed by atoms with Gasteiger partial charge < -0.3 is 4.90 Å². The summed E-state index contributed by atoms with van der Waals surface area (Å²) in [5.74, 6) is 0. The first-order valence-corrected chi connectivity index (χ1v) is 8.87. The van der Waals surface area contributed by atoms with Crippen molar-refractivity contribution in [2.24, 2.45) is 4.99 Å². The van der Waals surface area contributed by atoms with Crippen molar-refractivity contribution in [3.63, 3.8) is 0 Å². The van der Waals surface area contributed by atoms with Crippen LogP contribution in [0.1, 0.15) is 18.1 Å². The highest BCUT2D eigenvalue weighted by atomic mass is 79.9. The second kappa shape index (κ2) is 8.19. The molecular formula is C18H18BrN3S. The Morgan fingerprint density at radius 3 is 2.74 bits per heavy atom. The van der Waals surface area contributed by atoms with Crippen molar-refractivity contribution in [1.29, 1.82) is 5.26 Å². The maximum atomic E-state index is 9.21. The summed E-state index contributed by atoms with van der Waals surface area (Å²) in [4.78, 5) is 8.59. The Kier molecular flexibility index (Phi) is 6.26. The smallest absolute Gasteiger partial charge is 0.100 e. The zero-order valence-electron chi connectivity index (χ0n) is 13.4. The molecule has 0 saturated carbocycles. The molecule has 0 atom stereocenters. The molecule has 0 aliphatic heterocycles. The van der Waals surface area contributed by atoms with Crippen molar-refractivity contribution in [2.45, 2.75) is 23.6 Å². The molecular weight excluding hydrogens is 370 g/mol. The van der Waals surface area contributed by atoms with Crippen LogP contribution in [0, 0.1) is 18.3 Å². The molecule has 0 saturated heterocycles. The minimum atomic E-state index is 0.689. The fourth-order valence-electron chi connectivity index (χ4n) is 1.87. The van der Waals surface area contributed by atoms with Crippen LogP contribution in [0.25, 0.3) is 0 Å². The second-order valence-corrected chi connectivity index (χ2v) is 7.04. The van der Waals surface area contributed by atoms with Crippen LogP contribution in [-0.4, -0.2) is 24.8 Å². The number of aryl methyl sites for hydroxylation is 1. The first-order valence-electron chi connectivity index (χ1n) is 7.26. The van der Waals surface area contributed by atoms with Crippen molar-refractivity contribution in [2.75, 3.05) is 13.6 Å². The third-order valence-electron chi connectivity index (χ3n) is 3.37. The number of nitrogens with zero attached hydrogens (tertiary/aromatic N) is 3. The molecule has 5 heteroatoms. The standard InChI is InChI=1S/C18H18BrN3S/c1-4-22(3)12-21-16-10-15(19)18(9-13(16)2)23-17-8-6-5-7-14(17)11-20/h5-10,12H,4H2,1-3H3. The summed E-state index contributed by atoms with van der Waals surface area (Å²) in [5.41, 5.74) is 2.73. The quantitative estimate of drug-likeness (QED) is 0.509. The van der Waals surface area contributed by atoms with E-state index in [0.29, 0.717) is 5.56 Å². The topological polar surface area (TPSA) is 39.4 Å². The third-order valence-corrected chi connectivity index (χ3v) is 5.42. The van der Waals surface area contributed by atoms with E-state index in [1.54, 1.807) is 11.8 Å². The molecule has 2 aromatic carbocycles. The summed E-state index contributed by atoms with van der Waals surface area (Å²) >= 11 is 5.20. The van der Waals surface area contributed by atoms with Crippen molar-refractivity contribution in [3.8, 4) is 6.07 Å². The summed E-state index contributed by atoms with van der Waals surface area (Å²) < 4.78 is 0.979. The third kappa shape index (κ3) is 4.60. The molecule has 3 nitrogen and oxygen atoms in total. The van der Waals surface area contributed by atoms with E-state index in [0.717, 1.165) is 32.1 Å². The molecule has 0 radical (unpaired) electrons. The number of rotatable bonds is 5. The predicted octanol–water partition coefficient (Wildman–Crippen LogP) is 5.39. The molecule has 0 aliphatic rings. The van der Waals surface area contributed by atoms with E-state index in [1.807, 2.05) is 55.5 Å². The van der Waals surface area contributed by atoms with E-state index in [2.05, 4.69) is 40.0 Å². The lowest BCUT2D eigenvalue weighted by molar-refractivity contribution is 0.552. The first-order chi connectivity index (χ1) is 11.0. The van der Waals surface area contributed by atoms with E-state index in [9.17, 15) is 5.26 Å². The van der Waals surface area contributed by atoms with Gasteiger partial charge in [0.2, 0.25) is 0 Å². The Labute approximate surface area is 150 Å². The predicted molar refractivity (Wildman–Crippen MR) is 101 cm³/mol. The molecule has 2 rings (SSSR count). The fourth-order valence-corrected chi connectivity index (χ4v) is 3.44. The van der Waals surface area contributed by atoms with Crippen LogP contribution in [-0.2, 0) is 0 Å². The summed E-state index contributed by atoms with van der Waals surface area (Å²) in [6.07, 6.45) is 1.84. The van der Waals surface area contributed by atoms with Crippen molar-refractivity contribution < 1.29 is 0 Å². The number of nitriles is 1. The van der Waals surface area contributed by atoms with Crippen molar-refractivity contribution in [3.05, 3.63) is 52.0 Å². The lowest BCUT2D eigenvalue weighted by Gasteiger charge is -2.11. The number of halogens is 1. The highest BCUT2D eigenvalue weighted by Gasteiger charge is 2.09. The van der Waals surface area contributed by atoms with Gasteiger partial charge in [-0.2, -0.15) is 5.26 Å². The van der Waals surface area contributed by atoms with Crippen molar-refractivity contribution in [1.82, 2.24) is 4.90 Å². The first kappa shape index (κ1) is 17.6. The van der Waals surface area contributed by atoms with Gasteiger partial charge in [0.15, 0.2) is 0 Å². The van der Waals surface area contributed by atoms with Gasteiger partial charge in [-0.05, 0) is 59.6 Å². The van der Waals surface area contributed by atoms with Gasteiger partial charge in [0, 0.05) is 27.9 Å². The van der Waals surface area contributed by atoms with Gasteiger partial charge in [-0.15, -0.1) is 0 Å². The van der Waals surface area contributed by atoms with Gasteiger partial charge in [0.05, 0.1) is 17.6 Å². The maximum absolute atomic E-state index is 9.21. The maximum Gasteiger partial charge on any atom is 0.100 e. The van der Waals surface area contributed by atoms with E-state index in [1.165, 1.54) is 0 Å². The Morgan fingerprint density at radius 1 is 1.30 bits per heavy atom. The minimum Gasteiger partial charge on any atom is -0.366 e. The monoisotopic (exact) mass is 387 g/mol. The molecule has 0 spiro atoms. The summed E-state index contributed by atoms with van der Waals surface area (Å²) in [5, 5.41) is 9.21. The SMILES string of the molecule is CCN(C)C=Nc1cc(Br)c(Sc2ccccc2C#N)cc1C. The van der Waals surface area contributed by atoms with Crippen LogP contribution in [0.3, 0.4) is 0 Å². The summed E-state index contributed by atoms with van der Waals surface area (Å²) in [7, 11) is 2.00. The van der Waals surface area contributed by atoms with E-state index in [-0.39, 0.29) is 0 Å². The van der Waals surface area contributed by atoms with Crippen LogP contribution >= 0.6 is 27.7 Å². The van der Waals surface area contributed by atoms with Gasteiger partial charge in [0.25, 0.3) is 0 Å². The van der Waals surface area contributed by atoms with Gasteiger partial charge in [-0.3, -0.25) is 0 Å². The molecule has 2 aromatic rings. The molecule has 0 N–H and O–H groups in total. The van der Waals surface area contributed by atoms with Crippen LogP contribution < -0.4 is 0 Å². The Bertz CT molecular complexity index is 765. The van der Waals surface area contributed by atoms with Gasteiger partial charge >= 0.3 is 0 Å². The number of aliphatic imine (C=N–C) groups is 1. The Hall–Kier alpha value is -1.77. The van der Waals surface area contributed by atoms with Crippen molar-refractivity contribution >= 4 is 39.7 Å². The molecule has 0 aromatic heterocycles. The Balaban J connectivity index is 2.30. The molecule has 23 heavy (non-hydrogen) atoms. The minimum absolute atomic E-state index is 0.689. The normalized spacial score (nSPS) is 10.7. The summed E-state index contributed by atoms with van der Waals surface area (Å²) in [6.45, 7) is 5.05. The van der Waals surface area contributed by atoms with E-state index >= 15 is 0 Å². The molecule has 118 valence electrons. The van der Waals surface area contributed by atoms with Crippen LogP contribution in [0.15, 0.2) is 55.7 Å². The molecule has 0 aliphatic carbocycles. The number of benzene rings is 2. The highest BCUT2D eigenvalue weighted by molar-refractivity contribution is 9.10. The molecule has 0 bridgehead atoms. The molecule has 0 heterocycles. The average molecular weight is 388 g/mol. The van der Waals surface area contributed by atoms with Gasteiger partial charge in [-0.1, -0.05) is 23.9 Å². The lowest BCUT2D eigenvalue weighted by Crippen LogP contribution is -2.14. The van der Waals surface area contributed by atoms with Gasteiger partial charge in [0.1, 0.15) is 6.07 Å². The summed E-state index contributed by atoms with van der Waals surface area (Å²) in [6, 6.07) is 14.0. The Morgan fingerprint density at radius 2 is 2.04 bits per heavy atom. The molecule has 0 fully saturated rings. The molecule has 0 unspecified atom stereocenters. The largest absolute Gasteiger partial charge is 0.366 e. The fraction of sp³-hybridized carbons (Fsp3) is 0.222.